The van der Waals surface area contributed by atoms with Crippen molar-refractivity contribution in [2.45, 2.75) is 0 Å². The fourth-order valence-corrected chi connectivity index (χ4v) is 16.6. The van der Waals surface area contributed by atoms with Crippen molar-refractivity contribution in [1.82, 2.24) is 38.2 Å². The lowest BCUT2D eigenvalue weighted by Crippen LogP contribution is -1.99. The lowest BCUT2D eigenvalue weighted by atomic mass is 10.0. The normalized spacial score (nSPS) is 12.3. The van der Waals surface area contributed by atoms with Gasteiger partial charge < -0.3 is 28.2 Å². The van der Waals surface area contributed by atoms with Crippen molar-refractivity contribution < 1.29 is 0 Å². The topological polar surface area (TPSA) is 77.1 Å². The molecule has 8 nitrogen and oxygen atoms in total. The molecule has 0 unspecified atom stereocenters. The molecule has 2 aliphatic heterocycles. The summed E-state index contributed by atoms with van der Waals surface area (Å²) >= 11 is 0. The largest absolute Gasteiger partial charge is 0.354 e. The van der Waals surface area contributed by atoms with Crippen LogP contribution in [0.4, 0.5) is 0 Å². The molecule has 0 amide bonds. The van der Waals surface area contributed by atoms with Crippen LogP contribution in [-0.4, -0.2) is 38.2 Å². The van der Waals surface area contributed by atoms with E-state index >= 15 is 0 Å². The van der Waals surface area contributed by atoms with Gasteiger partial charge in [0.1, 0.15) is 0 Å². The third-order valence-corrected chi connectivity index (χ3v) is 20.7. The van der Waals surface area contributed by atoms with Gasteiger partial charge in [0, 0.05) is 110 Å². The van der Waals surface area contributed by atoms with E-state index in [-0.39, 0.29) is 0 Å². The molecule has 9 heterocycles. The molecule has 7 aromatic heterocycles. The minimum Gasteiger partial charge on any atom is -0.354 e. The number of aromatic amines is 2. The van der Waals surface area contributed by atoms with Crippen LogP contribution in [0.2, 0.25) is 0 Å². The Morgan fingerprint density at radius 1 is 0.180 bits per heavy atom. The van der Waals surface area contributed by atoms with Gasteiger partial charge in [-0.3, -0.25) is 0 Å². The number of H-pyrrole nitrogens is 2. The summed E-state index contributed by atoms with van der Waals surface area (Å²) in [6.45, 7) is 0. The minimum absolute atomic E-state index is 0.815. The monoisotopic (exact) mass is 1270 g/mol. The van der Waals surface area contributed by atoms with E-state index in [1.807, 2.05) is 0 Å². The van der Waals surface area contributed by atoms with Gasteiger partial charge in [-0.25, -0.2) is 9.97 Å². The van der Waals surface area contributed by atoms with Crippen molar-refractivity contribution in [1.29, 1.82) is 0 Å². The average molecular weight is 1280 g/mol. The standard InChI is InChI=1S/C92H58N8/c1-13-37-77-57(25-1)58-26-2-14-38-78(58)97(77)85-45-21-9-33-65(85)89-69-49-51-71(93-69)90(66-34-10-22-46-86(66)98-79-39-15-3-27-59(79)60-28-4-16-40-80(60)98)73-53-55-75(95-73)92(68-36-12-24-48-88(68)100-83-43-19-7-31-63(83)64-32-8-20-44-84(64)100)76-56-54-74(96-76)91(72-52-50-70(89)94-72)67-35-11-23-47-87(67)99-81-41-17-5-29-61(81)62-30-6-18-42-82(62)99/h1-56,93,96H. The molecule has 2 aliphatic rings. The number of hydrogen-bond acceptors (Lipinski definition) is 2. The number of rotatable bonds is 8. The Hall–Kier alpha value is -13.6. The highest BCUT2D eigenvalue weighted by Crippen LogP contribution is 2.47. The van der Waals surface area contributed by atoms with Gasteiger partial charge in [-0.2, -0.15) is 0 Å². The number of nitrogens with zero attached hydrogens (tertiary/aromatic N) is 6. The zero-order valence-electron chi connectivity index (χ0n) is 54.0. The Bertz CT molecular complexity index is 5900. The van der Waals surface area contributed by atoms with Gasteiger partial charge in [0.05, 0.1) is 89.7 Å². The number of benzene rings is 12. The number of fused-ring (bicyclic) bond motifs is 20. The zero-order chi connectivity index (χ0) is 65.5. The second-order valence-corrected chi connectivity index (χ2v) is 26.1. The molecule has 0 aliphatic carbocycles. The van der Waals surface area contributed by atoms with Crippen molar-refractivity contribution in [2.24, 2.45) is 0 Å². The van der Waals surface area contributed by atoms with E-state index in [4.69, 9.17) is 9.97 Å². The minimum atomic E-state index is 0.815. The van der Waals surface area contributed by atoms with Crippen molar-refractivity contribution in [3.8, 4) is 67.3 Å². The Kier molecular flexibility index (Phi) is 12.2. The second-order valence-electron chi connectivity index (χ2n) is 26.1. The summed E-state index contributed by atoms with van der Waals surface area (Å²) in [6, 6.07) is 115. The van der Waals surface area contributed by atoms with Gasteiger partial charge >= 0.3 is 0 Å². The molecular weight excluding hydrogens is 1220 g/mol. The molecule has 0 saturated heterocycles. The third kappa shape index (κ3) is 8.28. The van der Waals surface area contributed by atoms with Crippen LogP contribution < -0.4 is 0 Å². The molecule has 8 heteroatoms. The summed E-state index contributed by atoms with van der Waals surface area (Å²) < 4.78 is 9.73. The number of para-hydroxylation sites is 12. The van der Waals surface area contributed by atoms with E-state index in [1.54, 1.807) is 0 Å². The van der Waals surface area contributed by atoms with E-state index < -0.39 is 0 Å². The Labute approximate surface area is 573 Å². The first-order valence-electron chi connectivity index (χ1n) is 34.1. The van der Waals surface area contributed by atoms with Crippen LogP contribution >= 0.6 is 0 Å². The predicted molar refractivity (Wildman–Crippen MR) is 418 cm³/mol. The van der Waals surface area contributed by atoms with Crippen molar-refractivity contribution in [3.05, 3.63) is 338 Å². The molecule has 21 rings (SSSR count). The smallest absolute Gasteiger partial charge is 0.0738 e. The van der Waals surface area contributed by atoms with Crippen LogP contribution in [-0.2, 0) is 0 Å². The number of aromatic nitrogens is 8. The van der Waals surface area contributed by atoms with Gasteiger partial charge in [0.2, 0.25) is 0 Å². The zero-order valence-corrected chi connectivity index (χ0v) is 54.0. The first-order chi connectivity index (χ1) is 49.7. The molecule has 0 fully saturated rings. The maximum Gasteiger partial charge on any atom is 0.0738 e. The summed E-state index contributed by atoms with van der Waals surface area (Å²) in [5.74, 6) is 0. The van der Waals surface area contributed by atoms with E-state index in [0.29, 0.717) is 0 Å². The fourth-order valence-electron chi connectivity index (χ4n) is 16.6. The highest BCUT2D eigenvalue weighted by molar-refractivity contribution is 6.15. The van der Waals surface area contributed by atoms with Crippen LogP contribution in [0.25, 0.3) is 201 Å². The van der Waals surface area contributed by atoms with Crippen LogP contribution in [0.1, 0.15) is 22.8 Å². The SMILES string of the molecule is C1=Cc2nc1c(-c1ccccc1-n1c3ccccc3c3ccccc31)c1ccc([nH]1)c(-c1ccccc1-n1c3ccccc3c3ccccc31)c1nc(c(-c3ccccc3-n3c4ccccc4c4ccccc43)c3ccc([nH]3)c2-c2ccccc2-n2c3ccccc3c3ccccc32)C=C1. The van der Waals surface area contributed by atoms with Gasteiger partial charge in [0.25, 0.3) is 0 Å². The summed E-state index contributed by atoms with van der Waals surface area (Å²) in [4.78, 5) is 20.4. The maximum absolute atomic E-state index is 6.03. The van der Waals surface area contributed by atoms with Crippen LogP contribution in [0, 0.1) is 0 Å². The summed E-state index contributed by atoms with van der Waals surface area (Å²) in [6.07, 6.45) is 8.91. The Morgan fingerprint density at radius 2 is 0.350 bits per heavy atom. The molecule has 2 N–H and O–H groups in total. The molecule has 19 aromatic rings. The second kappa shape index (κ2) is 22.0. The number of nitrogens with one attached hydrogen (secondary N) is 2. The lowest BCUT2D eigenvalue weighted by Gasteiger charge is -2.16. The Balaban J connectivity index is 0.929. The van der Waals surface area contributed by atoms with E-state index in [0.717, 1.165) is 156 Å². The van der Waals surface area contributed by atoms with Crippen molar-refractivity contribution >= 4 is 134 Å². The van der Waals surface area contributed by atoms with Gasteiger partial charge in [-0.15, -0.1) is 0 Å². The molecular formula is C92H58N8. The maximum atomic E-state index is 6.03. The molecule has 12 aromatic carbocycles. The molecule has 100 heavy (non-hydrogen) atoms. The first kappa shape index (κ1) is 55.7. The van der Waals surface area contributed by atoms with Crippen LogP contribution in [0.15, 0.2) is 315 Å². The summed E-state index contributed by atoms with van der Waals surface area (Å²) in [7, 11) is 0. The molecule has 0 saturated carbocycles. The first-order valence-corrected chi connectivity index (χ1v) is 34.1. The van der Waals surface area contributed by atoms with Gasteiger partial charge in [-0.1, -0.05) is 218 Å². The molecule has 466 valence electrons. The van der Waals surface area contributed by atoms with Crippen molar-refractivity contribution in [2.75, 3.05) is 0 Å². The van der Waals surface area contributed by atoms with Gasteiger partial charge in [-0.05, 0) is 121 Å². The third-order valence-electron chi connectivity index (χ3n) is 20.7. The molecule has 0 atom stereocenters. The van der Waals surface area contributed by atoms with E-state index in [1.165, 1.54) is 43.1 Å². The van der Waals surface area contributed by atoms with E-state index in [2.05, 4.69) is 368 Å². The van der Waals surface area contributed by atoms with Gasteiger partial charge in [0.15, 0.2) is 0 Å². The predicted octanol–water partition coefficient (Wildman–Crippen LogP) is 23.7. The summed E-state index contributed by atoms with van der Waals surface area (Å²) in [5, 5.41) is 9.53. The highest BCUT2D eigenvalue weighted by Gasteiger charge is 2.27. The average Bonchev–Trinajstić information content (AvgIpc) is 1.59. The Morgan fingerprint density at radius 3 is 0.550 bits per heavy atom. The molecule has 0 spiro atoms. The molecule has 8 bridgehead atoms. The van der Waals surface area contributed by atoms with Crippen LogP contribution in [0.3, 0.4) is 0 Å². The fraction of sp³-hybridized carbons (Fsp3) is 0. The summed E-state index contributed by atoms with van der Waals surface area (Å²) in [5.41, 5.74) is 27.9. The van der Waals surface area contributed by atoms with Crippen LogP contribution in [0.5, 0.6) is 0 Å². The van der Waals surface area contributed by atoms with E-state index in [9.17, 15) is 0 Å². The highest BCUT2D eigenvalue weighted by atomic mass is 15.0. The molecule has 0 radical (unpaired) electrons. The lowest BCUT2D eigenvalue weighted by molar-refractivity contribution is 1.18. The quantitative estimate of drug-likeness (QED) is 0.159. The van der Waals surface area contributed by atoms with Crippen molar-refractivity contribution in [3.63, 3.8) is 0 Å². The number of hydrogen-bond donors (Lipinski definition) is 2.